The summed E-state index contributed by atoms with van der Waals surface area (Å²) in [5, 5.41) is 9.52. The van der Waals surface area contributed by atoms with Crippen LogP contribution in [0.25, 0.3) is 0 Å². The van der Waals surface area contributed by atoms with Crippen molar-refractivity contribution in [1.29, 1.82) is 0 Å². The van der Waals surface area contributed by atoms with Crippen LogP contribution in [-0.2, 0) is 10.3 Å². The zero-order chi connectivity index (χ0) is 12.5. The van der Waals surface area contributed by atoms with E-state index in [1.807, 2.05) is 6.92 Å². The van der Waals surface area contributed by atoms with Crippen LogP contribution in [-0.4, -0.2) is 15.6 Å². The number of aliphatic carboxylic acids is 1. The number of pyridine rings is 1. The van der Waals surface area contributed by atoms with E-state index in [4.69, 9.17) is 0 Å². The number of carboxylic acid groups (broad SMARTS) is 1. The fourth-order valence-electron chi connectivity index (χ4n) is 2.82. The maximum Gasteiger partial charge on any atom is 0.330 e. The Morgan fingerprint density at radius 1 is 1.53 bits per heavy atom. The van der Waals surface area contributed by atoms with Crippen LogP contribution in [0.5, 0.6) is 0 Å². The van der Waals surface area contributed by atoms with Crippen molar-refractivity contribution in [2.75, 3.05) is 0 Å². The first kappa shape index (κ1) is 11.9. The van der Waals surface area contributed by atoms with E-state index < -0.39 is 11.5 Å². The van der Waals surface area contributed by atoms with Gasteiger partial charge in [0.1, 0.15) is 5.54 Å². The normalized spacial score (nSPS) is 28.9. The summed E-state index contributed by atoms with van der Waals surface area (Å²) < 4.78 is 1.39. The van der Waals surface area contributed by atoms with Gasteiger partial charge in [-0.1, -0.05) is 25.8 Å². The van der Waals surface area contributed by atoms with E-state index in [0.717, 1.165) is 12.8 Å². The van der Waals surface area contributed by atoms with Gasteiger partial charge in [-0.3, -0.25) is 9.36 Å². The van der Waals surface area contributed by atoms with Crippen LogP contribution in [0.15, 0.2) is 29.2 Å². The molecule has 1 aromatic heterocycles. The third-order valence-corrected chi connectivity index (χ3v) is 3.66. The molecule has 1 fully saturated rings. The Morgan fingerprint density at radius 3 is 2.88 bits per heavy atom. The summed E-state index contributed by atoms with van der Waals surface area (Å²) in [6, 6.07) is 4.77. The van der Waals surface area contributed by atoms with Crippen LogP contribution in [0, 0.1) is 5.92 Å². The van der Waals surface area contributed by atoms with E-state index in [1.165, 1.54) is 10.6 Å². The molecule has 0 radical (unpaired) electrons. The molecular formula is C13H17NO3. The summed E-state index contributed by atoms with van der Waals surface area (Å²) in [5.74, 6) is -0.552. The molecule has 4 nitrogen and oxygen atoms in total. The van der Waals surface area contributed by atoms with Crippen LogP contribution in [0.2, 0.25) is 0 Å². The fraction of sp³-hybridized carbons (Fsp3) is 0.538. The van der Waals surface area contributed by atoms with Crippen molar-refractivity contribution in [3.8, 4) is 0 Å². The minimum absolute atomic E-state index is 0.232. The van der Waals surface area contributed by atoms with Crippen LogP contribution in [0.4, 0.5) is 0 Å². The molecule has 1 aliphatic rings. The highest BCUT2D eigenvalue weighted by Crippen LogP contribution is 2.37. The van der Waals surface area contributed by atoms with E-state index in [1.54, 1.807) is 18.3 Å². The minimum Gasteiger partial charge on any atom is -0.479 e. The summed E-state index contributed by atoms with van der Waals surface area (Å²) in [7, 11) is 0. The van der Waals surface area contributed by atoms with Gasteiger partial charge in [0.2, 0.25) is 0 Å². The molecule has 17 heavy (non-hydrogen) atoms. The van der Waals surface area contributed by atoms with Crippen molar-refractivity contribution >= 4 is 5.97 Å². The predicted molar refractivity (Wildman–Crippen MR) is 63.9 cm³/mol. The maximum absolute atomic E-state index is 11.8. The number of carbonyl (C=O) groups is 1. The molecule has 0 spiro atoms. The summed E-state index contributed by atoms with van der Waals surface area (Å²) >= 11 is 0. The monoisotopic (exact) mass is 235 g/mol. The number of hydrogen-bond acceptors (Lipinski definition) is 2. The quantitative estimate of drug-likeness (QED) is 0.850. The molecule has 0 aromatic carbocycles. The lowest BCUT2D eigenvalue weighted by atomic mass is 9.76. The van der Waals surface area contributed by atoms with Gasteiger partial charge in [0.05, 0.1) is 0 Å². The van der Waals surface area contributed by atoms with Gasteiger partial charge >= 0.3 is 5.97 Å². The van der Waals surface area contributed by atoms with Gasteiger partial charge in [-0.05, 0) is 24.8 Å². The molecule has 2 atom stereocenters. The van der Waals surface area contributed by atoms with Crippen molar-refractivity contribution in [3.63, 3.8) is 0 Å². The SMILES string of the molecule is CC1CCCC(C(=O)O)(n2ccccc2=O)C1. The molecule has 0 bridgehead atoms. The van der Waals surface area contributed by atoms with Gasteiger partial charge in [-0.15, -0.1) is 0 Å². The zero-order valence-corrected chi connectivity index (χ0v) is 9.93. The van der Waals surface area contributed by atoms with Gasteiger partial charge in [-0.25, -0.2) is 4.79 Å². The van der Waals surface area contributed by atoms with E-state index in [-0.39, 0.29) is 5.56 Å². The van der Waals surface area contributed by atoms with Crippen molar-refractivity contribution in [3.05, 3.63) is 34.7 Å². The lowest BCUT2D eigenvalue weighted by Crippen LogP contribution is -2.49. The number of nitrogens with zero attached hydrogens (tertiary/aromatic N) is 1. The summed E-state index contributed by atoms with van der Waals surface area (Å²) in [6.07, 6.45) is 4.56. The first-order chi connectivity index (χ1) is 8.06. The summed E-state index contributed by atoms with van der Waals surface area (Å²) in [5.41, 5.74) is -1.28. The second kappa shape index (κ2) is 4.35. The molecular weight excluding hydrogens is 218 g/mol. The molecule has 2 unspecified atom stereocenters. The molecule has 4 heteroatoms. The van der Waals surface area contributed by atoms with E-state index in [9.17, 15) is 14.7 Å². The molecule has 1 aliphatic carbocycles. The highest BCUT2D eigenvalue weighted by atomic mass is 16.4. The standard InChI is InChI=1S/C13H17NO3/c1-10-5-4-7-13(9-10,12(16)17)14-8-3-2-6-11(14)15/h2-3,6,8,10H,4-5,7,9H2,1H3,(H,16,17). The van der Waals surface area contributed by atoms with Gasteiger partial charge in [0.25, 0.3) is 5.56 Å². The van der Waals surface area contributed by atoms with Crippen molar-refractivity contribution < 1.29 is 9.90 Å². The average Bonchev–Trinajstić information content (AvgIpc) is 2.29. The van der Waals surface area contributed by atoms with E-state index in [2.05, 4.69) is 0 Å². The Labute approximate surface area is 99.9 Å². The van der Waals surface area contributed by atoms with Crippen LogP contribution in [0.3, 0.4) is 0 Å². The molecule has 0 aliphatic heterocycles. The second-order valence-corrected chi connectivity index (χ2v) is 4.95. The molecule has 0 saturated heterocycles. The smallest absolute Gasteiger partial charge is 0.330 e. The average molecular weight is 235 g/mol. The Hall–Kier alpha value is -1.58. The van der Waals surface area contributed by atoms with Crippen molar-refractivity contribution in [2.45, 2.75) is 38.1 Å². The molecule has 92 valence electrons. The lowest BCUT2D eigenvalue weighted by Gasteiger charge is -2.37. The molecule has 1 heterocycles. The van der Waals surface area contributed by atoms with Gasteiger partial charge in [0, 0.05) is 12.3 Å². The highest BCUT2D eigenvalue weighted by Gasteiger charge is 2.43. The predicted octanol–water partition coefficient (Wildman–Crippen LogP) is 1.84. The first-order valence-electron chi connectivity index (χ1n) is 5.98. The first-order valence-corrected chi connectivity index (χ1v) is 5.98. The van der Waals surface area contributed by atoms with Crippen molar-refractivity contribution in [1.82, 2.24) is 4.57 Å². The van der Waals surface area contributed by atoms with E-state index in [0.29, 0.717) is 18.8 Å². The van der Waals surface area contributed by atoms with Gasteiger partial charge in [0.15, 0.2) is 0 Å². The zero-order valence-electron chi connectivity index (χ0n) is 9.93. The third-order valence-electron chi connectivity index (χ3n) is 3.66. The largest absolute Gasteiger partial charge is 0.479 e. The van der Waals surface area contributed by atoms with Crippen LogP contribution >= 0.6 is 0 Å². The van der Waals surface area contributed by atoms with Gasteiger partial charge in [-0.2, -0.15) is 0 Å². The second-order valence-electron chi connectivity index (χ2n) is 4.95. The van der Waals surface area contributed by atoms with Gasteiger partial charge < -0.3 is 5.11 Å². The number of hydrogen-bond donors (Lipinski definition) is 1. The topological polar surface area (TPSA) is 59.3 Å². The Bertz CT molecular complexity index is 480. The molecule has 1 aromatic rings. The molecule has 0 amide bonds. The van der Waals surface area contributed by atoms with Crippen LogP contribution in [0.1, 0.15) is 32.6 Å². The summed E-state index contributed by atoms with van der Waals surface area (Å²) in [6.45, 7) is 2.05. The Morgan fingerprint density at radius 2 is 2.29 bits per heavy atom. The maximum atomic E-state index is 11.8. The molecule has 2 rings (SSSR count). The number of rotatable bonds is 2. The Kier molecular flexibility index (Phi) is 3.05. The molecule has 1 N–H and O–H groups in total. The van der Waals surface area contributed by atoms with Crippen molar-refractivity contribution in [2.24, 2.45) is 5.92 Å². The highest BCUT2D eigenvalue weighted by molar-refractivity contribution is 5.77. The lowest BCUT2D eigenvalue weighted by molar-refractivity contribution is -0.150. The van der Waals surface area contributed by atoms with E-state index >= 15 is 0 Å². The van der Waals surface area contributed by atoms with Crippen LogP contribution < -0.4 is 5.56 Å². The Balaban J connectivity index is 2.52. The third kappa shape index (κ3) is 1.99. The number of aromatic nitrogens is 1. The number of carboxylic acids is 1. The minimum atomic E-state index is -1.05. The molecule has 1 saturated carbocycles. The summed E-state index contributed by atoms with van der Waals surface area (Å²) in [4.78, 5) is 23.4. The fourth-order valence-corrected chi connectivity index (χ4v) is 2.82.